The molecule has 9 heteroatoms. The molecule has 5 rings (SSSR count). The molecule has 0 fully saturated rings. The average Bonchev–Trinajstić information content (AvgIpc) is 2.93. The molecule has 9 nitrogen and oxygen atoms in total. The van der Waals surface area contributed by atoms with Gasteiger partial charge in [-0.3, -0.25) is 9.59 Å². The average molecular weight is 433 g/mol. The highest BCUT2D eigenvalue weighted by Gasteiger charge is 2.27. The summed E-state index contributed by atoms with van der Waals surface area (Å²) in [5, 5.41) is 2.81. The first-order chi connectivity index (χ1) is 15.5. The molecule has 0 bridgehead atoms. The highest BCUT2D eigenvalue weighted by molar-refractivity contribution is 6.11. The maximum absolute atomic E-state index is 13.0. The summed E-state index contributed by atoms with van der Waals surface area (Å²) in [6.45, 7) is 0.798. The van der Waals surface area contributed by atoms with Crippen LogP contribution in [0.25, 0.3) is 0 Å². The van der Waals surface area contributed by atoms with Gasteiger partial charge in [0, 0.05) is 24.5 Å². The van der Waals surface area contributed by atoms with E-state index < -0.39 is 0 Å². The van der Waals surface area contributed by atoms with E-state index in [4.69, 9.17) is 18.9 Å². The number of carbonyl (C=O) groups excluding carboxylic acids is 2. The van der Waals surface area contributed by atoms with Gasteiger partial charge < -0.3 is 29.2 Å². The largest absolute Gasteiger partial charge is 0.493 e. The van der Waals surface area contributed by atoms with Crippen molar-refractivity contribution in [2.75, 3.05) is 37.6 Å². The van der Waals surface area contributed by atoms with Crippen molar-refractivity contribution in [1.29, 1.82) is 0 Å². The summed E-state index contributed by atoms with van der Waals surface area (Å²) in [5.41, 5.74) is 1.63. The van der Waals surface area contributed by atoms with Crippen molar-refractivity contribution in [2.24, 2.45) is 0 Å². The second-order valence-electron chi connectivity index (χ2n) is 7.16. The summed E-state index contributed by atoms with van der Waals surface area (Å²) in [4.78, 5) is 31.6. The van der Waals surface area contributed by atoms with Crippen LogP contribution in [-0.2, 0) is 0 Å². The molecule has 2 amide bonds. The molecule has 0 saturated heterocycles. The van der Waals surface area contributed by atoms with Crippen molar-refractivity contribution in [3.8, 4) is 28.9 Å². The van der Waals surface area contributed by atoms with E-state index in [0.717, 1.165) is 0 Å². The summed E-state index contributed by atoms with van der Waals surface area (Å²) >= 11 is 0. The summed E-state index contributed by atoms with van der Waals surface area (Å²) < 4.78 is 22.4. The smallest absolute Gasteiger partial charge is 0.262 e. The number of anilines is 2. The fraction of sp³-hybridized carbons (Fsp3) is 0.174. The van der Waals surface area contributed by atoms with Crippen LogP contribution in [0.4, 0.5) is 11.4 Å². The SMILES string of the molecule is COc1cc(C(=O)Nc2ccc3c(c2)C(=O)N(C)c2cccnc2O3)cc2c1OCCO2. The molecule has 32 heavy (non-hydrogen) atoms. The Hall–Kier alpha value is -4.27. The van der Waals surface area contributed by atoms with Crippen LogP contribution in [0.1, 0.15) is 20.7 Å². The summed E-state index contributed by atoms with van der Waals surface area (Å²) in [7, 11) is 3.14. The number of nitrogens with one attached hydrogen (secondary N) is 1. The fourth-order valence-corrected chi connectivity index (χ4v) is 3.58. The molecule has 1 N–H and O–H groups in total. The lowest BCUT2D eigenvalue weighted by molar-refractivity contribution is 0.0990. The molecular weight excluding hydrogens is 414 g/mol. The molecule has 0 atom stereocenters. The van der Waals surface area contributed by atoms with E-state index in [2.05, 4.69) is 10.3 Å². The molecule has 0 saturated carbocycles. The van der Waals surface area contributed by atoms with Gasteiger partial charge in [-0.25, -0.2) is 4.98 Å². The number of aromatic nitrogens is 1. The van der Waals surface area contributed by atoms with Crippen molar-refractivity contribution >= 4 is 23.2 Å². The van der Waals surface area contributed by atoms with Crippen molar-refractivity contribution in [3.05, 3.63) is 59.8 Å². The van der Waals surface area contributed by atoms with Gasteiger partial charge >= 0.3 is 0 Å². The van der Waals surface area contributed by atoms with E-state index in [1.165, 1.54) is 12.0 Å². The van der Waals surface area contributed by atoms with Crippen molar-refractivity contribution < 1.29 is 28.5 Å². The monoisotopic (exact) mass is 433 g/mol. The quantitative estimate of drug-likeness (QED) is 0.675. The number of carbonyl (C=O) groups is 2. The lowest BCUT2D eigenvalue weighted by atomic mass is 10.1. The van der Waals surface area contributed by atoms with Crippen molar-refractivity contribution in [1.82, 2.24) is 4.98 Å². The Morgan fingerprint density at radius 1 is 1.12 bits per heavy atom. The van der Waals surface area contributed by atoms with Crippen molar-refractivity contribution in [2.45, 2.75) is 0 Å². The van der Waals surface area contributed by atoms with Crippen LogP contribution in [0, 0.1) is 0 Å². The Balaban J connectivity index is 1.44. The Bertz CT molecular complexity index is 1230. The number of pyridine rings is 1. The number of rotatable bonds is 3. The van der Waals surface area contributed by atoms with E-state index in [0.29, 0.717) is 64.6 Å². The molecule has 2 aliphatic heterocycles. The highest BCUT2D eigenvalue weighted by atomic mass is 16.6. The predicted octanol–water partition coefficient (Wildman–Crippen LogP) is 3.50. The number of ether oxygens (including phenoxy) is 4. The highest BCUT2D eigenvalue weighted by Crippen LogP contribution is 2.41. The topological polar surface area (TPSA) is 99.2 Å². The minimum atomic E-state index is -0.388. The number of hydrogen-bond acceptors (Lipinski definition) is 7. The van der Waals surface area contributed by atoms with Gasteiger partial charge in [-0.2, -0.15) is 0 Å². The number of methoxy groups -OCH3 is 1. The first kappa shape index (κ1) is 19.7. The summed E-state index contributed by atoms with van der Waals surface area (Å²) in [6.07, 6.45) is 1.60. The van der Waals surface area contributed by atoms with E-state index in [9.17, 15) is 9.59 Å². The lowest BCUT2D eigenvalue weighted by Gasteiger charge is -2.21. The zero-order chi connectivity index (χ0) is 22.2. The second kappa shape index (κ2) is 7.77. The summed E-state index contributed by atoms with van der Waals surface area (Å²) in [6, 6.07) is 11.5. The number of nitrogens with zero attached hydrogens (tertiary/aromatic N) is 2. The van der Waals surface area contributed by atoms with Gasteiger partial charge in [0.2, 0.25) is 11.6 Å². The van der Waals surface area contributed by atoms with Crippen LogP contribution in [-0.4, -0.2) is 44.2 Å². The van der Waals surface area contributed by atoms with E-state index in [1.807, 2.05) is 0 Å². The number of benzene rings is 2. The third-order valence-electron chi connectivity index (χ3n) is 5.18. The van der Waals surface area contributed by atoms with Crippen molar-refractivity contribution in [3.63, 3.8) is 0 Å². The molecule has 0 spiro atoms. The van der Waals surface area contributed by atoms with Crippen LogP contribution >= 0.6 is 0 Å². The molecule has 2 aliphatic rings. The first-order valence-corrected chi connectivity index (χ1v) is 9.89. The van der Waals surface area contributed by atoms with E-state index in [1.54, 1.807) is 55.7 Å². The molecular formula is C23H19N3O6. The molecule has 3 heterocycles. The minimum Gasteiger partial charge on any atom is -0.493 e. The number of fused-ring (bicyclic) bond motifs is 3. The fourth-order valence-electron chi connectivity index (χ4n) is 3.58. The molecule has 0 radical (unpaired) electrons. The second-order valence-corrected chi connectivity index (χ2v) is 7.16. The van der Waals surface area contributed by atoms with Gasteiger partial charge in [-0.1, -0.05) is 0 Å². The van der Waals surface area contributed by atoms with Gasteiger partial charge in [0.05, 0.1) is 12.7 Å². The maximum Gasteiger partial charge on any atom is 0.262 e. The Morgan fingerprint density at radius 2 is 1.97 bits per heavy atom. The van der Waals surface area contributed by atoms with Gasteiger partial charge in [0.25, 0.3) is 11.8 Å². The molecule has 1 aromatic heterocycles. The Labute approximate surface area is 183 Å². The van der Waals surface area contributed by atoms with Crippen LogP contribution in [0.3, 0.4) is 0 Å². The van der Waals surface area contributed by atoms with Gasteiger partial charge in [-0.15, -0.1) is 0 Å². The molecule has 0 unspecified atom stereocenters. The van der Waals surface area contributed by atoms with Gasteiger partial charge in [-0.05, 0) is 42.5 Å². The van der Waals surface area contributed by atoms with Crippen LogP contribution in [0.5, 0.6) is 28.9 Å². The Morgan fingerprint density at radius 3 is 2.81 bits per heavy atom. The number of hydrogen-bond donors (Lipinski definition) is 1. The van der Waals surface area contributed by atoms with Crippen LogP contribution < -0.4 is 29.2 Å². The molecule has 2 aromatic carbocycles. The molecule has 3 aromatic rings. The molecule has 0 aliphatic carbocycles. The van der Waals surface area contributed by atoms with Gasteiger partial charge in [0.1, 0.15) is 24.7 Å². The van der Waals surface area contributed by atoms with Crippen LogP contribution in [0.2, 0.25) is 0 Å². The normalized spacial score (nSPS) is 13.9. The van der Waals surface area contributed by atoms with Gasteiger partial charge in [0.15, 0.2) is 11.5 Å². The third-order valence-corrected chi connectivity index (χ3v) is 5.18. The summed E-state index contributed by atoms with van der Waals surface area (Å²) in [5.74, 6) is 1.35. The standard InChI is InChI=1S/C23H19N3O6/c1-26-16-4-3-7-24-22(16)32-17-6-5-14(12-15(17)23(26)28)25-21(27)13-10-18(29-2)20-19(11-13)30-8-9-31-20/h3-7,10-12H,8-9H2,1-2H3,(H,25,27). The van der Waals surface area contributed by atoms with E-state index in [-0.39, 0.29) is 11.8 Å². The maximum atomic E-state index is 13.0. The van der Waals surface area contributed by atoms with Crippen LogP contribution in [0.15, 0.2) is 48.7 Å². The first-order valence-electron chi connectivity index (χ1n) is 9.89. The number of amides is 2. The zero-order valence-corrected chi connectivity index (χ0v) is 17.4. The van der Waals surface area contributed by atoms with E-state index >= 15 is 0 Å². The lowest BCUT2D eigenvalue weighted by Crippen LogP contribution is -2.25. The Kier molecular flexibility index (Phi) is 4.78. The minimum absolute atomic E-state index is 0.274. The predicted molar refractivity (Wildman–Crippen MR) is 115 cm³/mol. The molecule has 162 valence electrons. The third kappa shape index (κ3) is 3.33. The zero-order valence-electron chi connectivity index (χ0n) is 17.4.